The summed E-state index contributed by atoms with van der Waals surface area (Å²) in [4.78, 5) is 0. The van der Waals surface area contributed by atoms with Gasteiger partial charge >= 0.3 is 0 Å². The highest BCUT2D eigenvalue weighted by Crippen LogP contribution is 2.59. The van der Waals surface area contributed by atoms with Crippen molar-refractivity contribution in [2.24, 2.45) is 0 Å². The lowest BCUT2D eigenvalue weighted by atomic mass is 9.89. The normalized spacial score (nSPS) is 14.2. The van der Waals surface area contributed by atoms with E-state index in [4.69, 9.17) is 0 Å². The molecule has 0 nitrogen and oxygen atoms in total. The molecule has 0 atom stereocenters. The Morgan fingerprint density at radius 3 is 0.887 bits per heavy atom. The average molecular weight is 755 g/mol. The number of rotatable bonds is 24. The van der Waals surface area contributed by atoms with Gasteiger partial charge in [-0.15, -0.1) is 0 Å². The molecule has 3 heteroatoms. The zero-order chi connectivity index (χ0) is 37.1. The first-order valence-corrected chi connectivity index (χ1v) is 29.2. The van der Waals surface area contributed by atoms with E-state index in [1.54, 1.807) is 34.6 Å². The van der Waals surface area contributed by atoms with Gasteiger partial charge in [-0.3, -0.25) is 0 Å². The second kappa shape index (κ2) is 22.4. The Kier molecular flexibility index (Phi) is 17.4. The van der Waals surface area contributed by atoms with Crippen LogP contribution in [0.3, 0.4) is 0 Å². The van der Waals surface area contributed by atoms with Crippen molar-refractivity contribution in [1.29, 1.82) is 0 Å². The lowest BCUT2D eigenvalue weighted by Gasteiger charge is -2.36. The molecule has 0 radical (unpaired) electrons. The van der Waals surface area contributed by atoms with E-state index in [-0.39, 0.29) is 0 Å². The first-order valence-electron chi connectivity index (χ1n) is 21.9. The number of unbranched alkanes of at least 4 members (excludes halogenated alkanes) is 4. The molecule has 4 aromatic rings. The van der Waals surface area contributed by atoms with Crippen molar-refractivity contribution in [3.05, 3.63) is 144 Å². The smallest absolute Gasteiger partial charge is 0.0654 e. The molecule has 0 fully saturated rings. The molecule has 0 unspecified atom stereocenters. The van der Waals surface area contributed by atoms with Crippen LogP contribution in [0.2, 0.25) is 48.4 Å². The van der Waals surface area contributed by atoms with Gasteiger partial charge in [0.2, 0.25) is 0 Å². The Morgan fingerprint density at radius 2 is 0.604 bits per heavy atom. The first-order chi connectivity index (χ1) is 26.2. The number of hydrogen-bond donors (Lipinski definition) is 0. The highest BCUT2D eigenvalue weighted by atomic mass is 28.3. The Bertz CT molecular complexity index is 1520. The zero-order valence-corrected chi connectivity index (χ0v) is 37.2. The van der Waals surface area contributed by atoms with Crippen molar-refractivity contribution in [3.8, 4) is 0 Å². The van der Waals surface area contributed by atoms with Gasteiger partial charge in [0.05, 0.1) is 0 Å². The third-order valence-corrected chi connectivity index (χ3v) is 25.0. The molecule has 5 rings (SSSR count). The summed E-state index contributed by atoms with van der Waals surface area (Å²) in [6.07, 6.45) is 13.9. The van der Waals surface area contributed by atoms with Crippen LogP contribution in [0, 0.1) is 0 Å². The van der Waals surface area contributed by atoms with Gasteiger partial charge < -0.3 is 0 Å². The lowest BCUT2D eigenvalue weighted by molar-refractivity contribution is 0.827. The van der Waals surface area contributed by atoms with Crippen LogP contribution >= 0.6 is 0 Å². The van der Waals surface area contributed by atoms with Gasteiger partial charge in [0.1, 0.15) is 8.07 Å². The predicted octanol–water partition coefficient (Wildman–Crippen LogP) is 15.2. The molecule has 0 spiro atoms. The first kappa shape index (κ1) is 41.2. The van der Waals surface area contributed by atoms with E-state index in [1.165, 1.54) is 122 Å². The Balaban J connectivity index is 1.74. The van der Waals surface area contributed by atoms with Gasteiger partial charge in [0.25, 0.3) is 0 Å². The molecule has 0 saturated carbocycles. The van der Waals surface area contributed by atoms with Crippen molar-refractivity contribution in [2.75, 3.05) is 0 Å². The summed E-state index contributed by atoms with van der Waals surface area (Å²) in [7, 11) is -3.86. The van der Waals surface area contributed by atoms with Gasteiger partial charge in [0, 0.05) is 17.6 Å². The summed E-state index contributed by atoms with van der Waals surface area (Å²) in [5.74, 6) is 0. The second-order valence-corrected chi connectivity index (χ2v) is 27.2. The maximum absolute atomic E-state index is 2.47. The van der Waals surface area contributed by atoms with E-state index < -0.39 is 25.7 Å². The van der Waals surface area contributed by atoms with Crippen LogP contribution in [0.5, 0.6) is 0 Å². The fourth-order valence-electron chi connectivity index (χ4n) is 9.54. The lowest BCUT2D eigenvalue weighted by Crippen LogP contribution is -2.37. The predicted molar refractivity (Wildman–Crippen MR) is 247 cm³/mol. The van der Waals surface area contributed by atoms with Crippen molar-refractivity contribution < 1.29 is 0 Å². The molecule has 0 saturated heterocycles. The van der Waals surface area contributed by atoms with Gasteiger partial charge in [-0.1, -0.05) is 249 Å². The maximum atomic E-state index is 2.47. The quantitative estimate of drug-likeness (QED) is 0.0625. The monoisotopic (exact) mass is 754 g/mol. The van der Waals surface area contributed by atoms with Gasteiger partial charge in [-0.25, -0.2) is 0 Å². The zero-order valence-electron chi connectivity index (χ0n) is 33.9. The Morgan fingerprint density at radius 1 is 0.340 bits per heavy atom. The van der Waals surface area contributed by atoms with Gasteiger partial charge in [-0.05, 0) is 55.9 Å². The second-order valence-electron chi connectivity index (χ2n) is 16.1. The minimum absolute atomic E-state index is 0.772. The molecule has 0 N–H and O–H groups in total. The van der Waals surface area contributed by atoms with E-state index in [2.05, 4.69) is 149 Å². The third-order valence-electron chi connectivity index (χ3n) is 12.3. The van der Waals surface area contributed by atoms with E-state index in [0.29, 0.717) is 0 Å². The third kappa shape index (κ3) is 11.0. The summed E-state index contributed by atoms with van der Waals surface area (Å²) in [5, 5.41) is 3.48. The van der Waals surface area contributed by atoms with E-state index >= 15 is 0 Å². The maximum Gasteiger partial charge on any atom is 0.121 e. The van der Waals surface area contributed by atoms with Crippen LogP contribution < -0.4 is 0 Å². The fraction of sp³-hybridized carbons (Fsp3) is 0.440. The molecule has 0 amide bonds. The van der Waals surface area contributed by atoms with E-state index in [1.807, 2.05) is 0 Å². The highest BCUT2D eigenvalue weighted by molar-refractivity contribution is 7.14. The SMILES string of the molecule is CCCC[SiH](CCCC)CCC[Si]1(CCC[SiH](CCCC)CCCC)C(c2ccccc2)=C(c2ccccc2)C(c2ccccc2)=C1c1ccccc1. The van der Waals surface area contributed by atoms with Crippen LogP contribution in [0.15, 0.2) is 121 Å². The minimum Gasteiger partial charge on any atom is -0.0654 e. The Labute approximate surface area is 329 Å². The molecule has 1 heterocycles. The molecule has 0 aromatic heterocycles. The summed E-state index contributed by atoms with van der Waals surface area (Å²) in [6.45, 7) is 9.58. The molecular weight excluding hydrogens is 685 g/mol. The van der Waals surface area contributed by atoms with E-state index in [0.717, 1.165) is 0 Å². The summed E-state index contributed by atoms with van der Waals surface area (Å²) < 4.78 is 0. The summed E-state index contributed by atoms with van der Waals surface area (Å²) >= 11 is 0. The Hall–Kier alpha value is -2.99. The molecule has 1 aliphatic rings. The molecule has 1 aliphatic heterocycles. The standard InChI is InChI=1S/C50H70Si3/c1-5-9-35-51(36-10-6-2)39-25-41-53(42-26-40-52(37-11-7-3)38-12-8-4)49(45-31-21-15-22-32-45)47(43-27-17-13-18-28-43)48(44-29-19-14-20-30-44)50(53)46-33-23-16-24-34-46/h13-24,27-34,51-52H,5-12,25-26,35-42H2,1-4H3. The minimum atomic E-state index is -2.32. The van der Waals surface area contributed by atoms with Crippen molar-refractivity contribution >= 4 is 47.2 Å². The number of hydrogen-bond acceptors (Lipinski definition) is 0. The van der Waals surface area contributed by atoms with Crippen LogP contribution in [-0.2, 0) is 0 Å². The summed E-state index contributed by atoms with van der Waals surface area (Å²) in [6, 6.07) is 58.6. The molecule has 4 aromatic carbocycles. The summed E-state index contributed by atoms with van der Waals surface area (Å²) in [5.41, 5.74) is 8.81. The van der Waals surface area contributed by atoms with Crippen LogP contribution in [-0.4, -0.2) is 25.7 Å². The van der Waals surface area contributed by atoms with Gasteiger partial charge in [-0.2, -0.15) is 0 Å². The van der Waals surface area contributed by atoms with Crippen LogP contribution in [0.1, 0.15) is 114 Å². The highest BCUT2D eigenvalue weighted by Gasteiger charge is 2.49. The van der Waals surface area contributed by atoms with Crippen molar-refractivity contribution in [2.45, 2.75) is 140 Å². The largest absolute Gasteiger partial charge is 0.121 e. The van der Waals surface area contributed by atoms with Crippen LogP contribution in [0.25, 0.3) is 21.5 Å². The number of allylic oxidation sites excluding steroid dienone is 2. The van der Waals surface area contributed by atoms with E-state index in [9.17, 15) is 0 Å². The topological polar surface area (TPSA) is 0 Å². The molecule has 282 valence electrons. The van der Waals surface area contributed by atoms with Crippen molar-refractivity contribution in [3.63, 3.8) is 0 Å². The molecule has 53 heavy (non-hydrogen) atoms. The van der Waals surface area contributed by atoms with Crippen LogP contribution in [0.4, 0.5) is 0 Å². The number of benzene rings is 4. The molecule has 0 bridgehead atoms. The average Bonchev–Trinajstić information content (AvgIpc) is 3.51. The fourth-order valence-corrected chi connectivity index (χ4v) is 23.6. The van der Waals surface area contributed by atoms with Crippen molar-refractivity contribution in [1.82, 2.24) is 0 Å². The van der Waals surface area contributed by atoms with Gasteiger partial charge in [0.15, 0.2) is 0 Å². The molecule has 0 aliphatic carbocycles. The molecular formula is C50H70Si3.